The molecule has 6 nitrogen and oxygen atoms in total. The summed E-state index contributed by atoms with van der Waals surface area (Å²) >= 11 is 0. The minimum absolute atomic E-state index is 0.0864. The zero-order chi connectivity index (χ0) is 21.3. The van der Waals surface area contributed by atoms with Crippen LogP contribution in [0.1, 0.15) is 11.1 Å². The Balaban J connectivity index is 1.70. The number of rotatable bonds is 4. The predicted octanol–water partition coefficient (Wildman–Crippen LogP) is 1.81. The standard InChI is InChI=1S/C24H26N2O4/c1-16-4-7-18(8-5-16)23-24(22(28)19-9-6-17(2)14-20(19)30-23)29-15-21(27)26-12-10-25(3)11-13-26/h4-9,14H,10-13,15H2,1-3H3/p+1. The second-order valence-corrected chi connectivity index (χ2v) is 8.08. The molecule has 1 aromatic heterocycles. The fourth-order valence-corrected chi connectivity index (χ4v) is 3.67. The minimum Gasteiger partial charge on any atom is -0.476 e. The van der Waals surface area contributed by atoms with Gasteiger partial charge < -0.3 is 19.0 Å². The van der Waals surface area contributed by atoms with Crippen LogP contribution in [0.4, 0.5) is 0 Å². The van der Waals surface area contributed by atoms with Crippen molar-refractivity contribution in [3.63, 3.8) is 0 Å². The molecule has 2 heterocycles. The van der Waals surface area contributed by atoms with Gasteiger partial charge in [0, 0.05) is 5.56 Å². The highest BCUT2D eigenvalue weighted by Gasteiger charge is 2.24. The van der Waals surface area contributed by atoms with Crippen molar-refractivity contribution in [1.29, 1.82) is 0 Å². The number of carbonyl (C=O) groups excluding carboxylic acids is 1. The van der Waals surface area contributed by atoms with Gasteiger partial charge in [0.25, 0.3) is 5.91 Å². The molecule has 0 atom stereocenters. The first-order chi connectivity index (χ1) is 14.4. The molecule has 156 valence electrons. The Morgan fingerprint density at radius 3 is 2.43 bits per heavy atom. The number of amides is 1. The lowest BCUT2D eigenvalue weighted by atomic mass is 10.1. The smallest absolute Gasteiger partial charge is 0.260 e. The van der Waals surface area contributed by atoms with Crippen LogP contribution < -0.4 is 15.1 Å². The van der Waals surface area contributed by atoms with E-state index in [9.17, 15) is 9.59 Å². The zero-order valence-electron chi connectivity index (χ0n) is 17.7. The molecule has 0 saturated carbocycles. The number of nitrogens with zero attached hydrogens (tertiary/aromatic N) is 1. The highest BCUT2D eigenvalue weighted by Crippen LogP contribution is 2.31. The van der Waals surface area contributed by atoms with Crippen molar-refractivity contribution in [2.24, 2.45) is 0 Å². The summed E-state index contributed by atoms with van der Waals surface area (Å²) in [6.45, 7) is 6.99. The van der Waals surface area contributed by atoms with Gasteiger partial charge in [-0.05, 0) is 31.5 Å². The summed E-state index contributed by atoms with van der Waals surface area (Å²) in [4.78, 5) is 29.1. The van der Waals surface area contributed by atoms with Gasteiger partial charge in [-0.3, -0.25) is 9.59 Å². The lowest BCUT2D eigenvalue weighted by Crippen LogP contribution is -3.12. The second-order valence-electron chi connectivity index (χ2n) is 8.08. The largest absolute Gasteiger partial charge is 0.476 e. The average Bonchev–Trinajstić information content (AvgIpc) is 2.73. The molecule has 6 heteroatoms. The Hall–Kier alpha value is -3.12. The third kappa shape index (κ3) is 4.09. The third-order valence-electron chi connectivity index (χ3n) is 5.63. The van der Waals surface area contributed by atoms with E-state index in [0.717, 1.165) is 29.8 Å². The van der Waals surface area contributed by atoms with Crippen LogP contribution in [0.25, 0.3) is 22.3 Å². The van der Waals surface area contributed by atoms with E-state index < -0.39 is 0 Å². The quantitative estimate of drug-likeness (QED) is 0.717. The molecule has 1 fully saturated rings. The molecule has 2 aromatic carbocycles. The van der Waals surface area contributed by atoms with E-state index >= 15 is 0 Å². The van der Waals surface area contributed by atoms with Crippen molar-refractivity contribution in [2.75, 3.05) is 39.8 Å². The van der Waals surface area contributed by atoms with Gasteiger partial charge in [-0.25, -0.2) is 0 Å². The number of ether oxygens (including phenoxy) is 1. The minimum atomic E-state index is -0.262. The van der Waals surface area contributed by atoms with Crippen LogP contribution in [0.5, 0.6) is 5.75 Å². The summed E-state index contributed by atoms with van der Waals surface area (Å²) in [7, 11) is 2.12. The number of aryl methyl sites for hydroxylation is 2. The summed E-state index contributed by atoms with van der Waals surface area (Å²) in [5.74, 6) is 0.331. The van der Waals surface area contributed by atoms with E-state index in [-0.39, 0.29) is 23.7 Å². The molecule has 1 saturated heterocycles. The molecular formula is C24H27N2O4+. The van der Waals surface area contributed by atoms with Crippen molar-refractivity contribution >= 4 is 16.9 Å². The van der Waals surface area contributed by atoms with Crippen LogP contribution in [-0.2, 0) is 4.79 Å². The maximum Gasteiger partial charge on any atom is 0.260 e. The van der Waals surface area contributed by atoms with Crippen LogP contribution in [0.2, 0.25) is 0 Å². The van der Waals surface area contributed by atoms with Gasteiger partial charge >= 0.3 is 0 Å². The molecule has 0 bridgehead atoms. The van der Waals surface area contributed by atoms with Gasteiger partial charge in [0.1, 0.15) is 5.58 Å². The first-order valence-electron chi connectivity index (χ1n) is 10.3. The maximum atomic E-state index is 13.2. The van der Waals surface area contributed by atoms with Crippen LogP contribution >= 0.6 is 0 Å². The number of quaternary nitrogens is 1. The topological polar surface area (TPSA) is 64.2 Å². The predicted molar refractivity (Wildman–Crippen MR) is 116 cm³/mol. The number of benzene rings is 2. The van der Waals surface area contributed by atoms with Crippen LogP contribution in [0.15, 0.2) is 51.7 Å². The number of hydrogen-bond donors (Lipinski definition) is 1. The lowest BCUT2D eigenvalue weighted by molar-refractivity contribution is -0.883. The first-order valence-corrected chi connectivity index (χ1v) is 10.3. The molecule has 4 rings (SSSR count). The molecular weight excluding hydrogens is 380 g/mol. The SMILES string of the molecule is Cc1ccc(-c2oc3cc(C)ccc3c(=O)c2OCC(=O)N2CC[NH+](C)CC2)cc1. The first kappa shape index (κ1) is 20.2. The monoisotopic (exact) mass is 407 g/mol. The van der Waals surface area contributed by atoms with Crippen molar-refractivity contribution in [3.8, 4) is 17.1 Å². The number of nitrogens with one attached hydrogen (secondary N) is 1. The maximum absolute atomic E-state index is 13.2. The molecule has 1 N–H and O–H groups in total. The van der Waals surface area contributed by atoms with E-state index in [4.69, 9.17) is 9.15 Å². The normalized spacial score (nSPS) is 14.8. The van der Waals surface area contributed by atoms with Gasteiger partial charge in [-0.2, -0.15) is 0 Å². The third-order valence-corrected chi connectivity index (χ3v) is 5.63. The number of likely N-dealkylation sites (N-methyl/N-ethyl adjacent to an activating group) is 1. The van der Waals surface area contributed by atoms with Crippen LogP contribution in [0, 0.1) is 13.8 Å². The molecule has 0 spiro atoms. The summed E-state index contributed by atoms with van der Waals surface area (Å²) in [5, 5.41) is 0.446. The van der Waals surface area contributed by atoms with E-state index in [0.29, 0.717) is 29.8 Å². The van der Waals surface area contributed by atoms with E-state index in [1.807, 2.05) is 50.2 Å². The highest BCUT2D eigenvalue weighted by molar-refractivity contribution is 5.83. The van der Waals surface area contributed by atoms with Gasteiger partial charge in [-0.15, -0.1) is 0 Å². The van der Waals surface area contributed by atoms with Crippen molar-refractivity contribution < 1.29 is 18.8 Å². The Labute approximate surface area is 175 Å². The van der Waals surface area contributed by atoms with Gasteiger partial charge in [0.15, 0.2) is 12.4 Å². The molecule has 1 amide bonds. The van der Waals surface area contributed by atoms with Crippen LogP contribution in [-0.4, -0.2) is 50.6 Å². The number of piperazine rings is 1. The molecule has 3 aromatic rings. The number of hydrogen-bond acceptors (Lipinski definition) is 4. The van der Waals surface area contributed by atoms with Crippen LogP contribution in [0.3, 0.4) is 0 Å². The lowest BCUT2D eigenvalue weighted by Gasteiger charge is -2.30. The van der Waals surface area contributed by atoms with Gasteiger partial charge in [-0.1, -0.05) is 35.9 Å². The molecule has 0 aliphatic carbocycles. The average molecular weight is 407 g/mol. The van der Waals surface area contributed by atoms with Crippen molar-refractivity contribution in [1.82, 2.24) is 4.90 Å². The Morgan fingerprint density at radius 1 is 1.07 bits per heavy atom. The van der Waals surface area contributed by atoms with Crippen molar-refractivity contribution in [2.45, 2.75) is 13.8 Å². The zero-order valence-corrected chi connectivity index (χ0v) is 17.7. The molecule has 0 radical (unpaired) electrons. The molecule has 1 aliphatic heterocycles. The number of carbonyl (C=O) groups is 1. The van der Waals surface area contributed by atoms with Crippen molar-refractivity contribution in [3.05, 3.63) is 63.8 Å². The Bertz CT molecular complexity index is 1130. The molecule has 0 unspecified atom stereocenters. The Kier molecular flexibility index (Phi) is 5.59. The highest BCUT2D eigenvalue weighted by atomic mass is 16.5. The van der Waals surface area contributed by atoms with Gasteiger partial charge in [0.2, 0.25) is 11.2 Å². The number of fused-ring (bicyclic) bond motifs is 1. The molecule has 30 heavy (non-hydrogen) atoms. The molecule has 1 aliphatic rings. The summed E-state index contributed by atoms with van der Waals surface area (Å²) < 4.78 is 11.9. The van der Waals surface area contributed by atoms with Gasteiger partial charge in [0.05, 0.1) is 38.6 Å². The fraction of sp³-hybridized carbons (Fsp3) is 0.333. The summed E-state index contributed by atoms with van der Waals surface area (Å²) in [6.07, 6.45) is 0. The second kappa shape index (κ2) is 8.32. The van der Waals surface area contributed by atoms with E-state index in [1.165, 1.54) is 4.90 Å². The van der Waals surface area contributed by atoms with E-state index in [1.54, 1.807) is 11.0 Å². The Morgan fingerprint density at radius 2 is 1.73 bits per heavy atom. The summed E-state index contributed by atoms with van der Waals surface area (Å²) in [5.41, 5.74) is 3.10. The fourth-order valence-electron chi connectivity index (χ4n) is 3.67. The van der Waals surface area contributed by atoms with E-state index in [2.05, 4.69) is 7.05 Å². The summed E-state index contributed by atoms with van der Waals surface area (Å²) in [6, 6.07) is 13.2.